The predicted octanol–water partition coefficient (Wildman–Crippen LogP) is 2.31. The number of piperidine rings is 1. The smallest absolute Gasteiger partial charge is 0.323 e. The maximum atomic E-state index is 12.3. The van der Waals surface area contributed by atoms with E-state index in [1.165, 1.54) is 32.1 Å². The third-order valence-electron chi connectivity index (χ3n) is 5.54. The Morgan fingerprint density at radius 2 is 1.92 bits per heavy atom. The quantitative estimate of drug-likeness (QED) is 0.809. The molecule has 2 fully saturated rings. The molecule has 24 heavy (non-hydrogen) atoms. The number of imidazole rings is 1. The van der Waals surface area contributed by atoms with Crippen LogP contribution in [-0.4, -0.2) is 40.4 Å². The van der Waals surface area contributed by atoms with Crippen molar-refractivity contribution in [3.63, 3.8) is 0 Å². The van der Waals surface area contributed by atoms with Gasteiger partial charge in [0.2, 0.25) is 5.91 Å². The monoisotopic (exact) mass is 328 g/mol. The molecule has 2 aromatic rings. The molecule has 1 amide bonds. The Kier molecular flexibility index (Phi) is 4.14. The minimum atomic E-state index is -0.233. The van der Waals surface area contributed by atoms with Gasteiger partial charge in [-0.25, -0.2) is 4.79 Å². The molecule has 1 aliphatic heterocycles. The average molecular weight is 328 g/mol. The minimum absolute atomic E-state index is 0.0153. The van der Waals surface area contributed by atoms with E-state index in [9.17, 15) is 9.59 Å². The zero-order valence-electron chi connectivity index (χ0n) is 13.8. The van der Waals surface area contributed by atoms with Crippen LogP contribution >= 0.6 is 0 Å². The molecule has 1 saturated heterocycles. The summed E-state index contributed by atoms with van der Waals surface area (Å²) in [6.07, 6.45) is 6.65. The van der Waals surface area contributed by atoms with E-state index in [2.05, 4.69) is 20.2 Å². The number of anilines is 1. The number of carbonyl (C=O) groups is 1. The topological polar surface area (TPSA) is 81.0 Å². The number of aromatic nitrogens is 2. The SMILES string of the molecule is O=C(CN1CC[C@H]2CCCC[C@@H]2C1)Nc1ccc2[nH]c(=O)[nH]c2c1. The molecule has 0 spiro atoms. The Morgan fingerprint density at radius 1 is 1.12 bits per heavy atom. The molecule has 1 aromatic carbocycles. The number of fused-ring (bicyclic) bond motifs is 2. The lowest BCUT2D eigenvalue weighted by molar-refractivity contribution is -0.118. The van der Waals surface area contributed by atoms with Crippen molar-refractivity contribution in [3.05, 3.63) is 28.7 Å². The summed E-state index contributed by atoms with van der Waals surface area (Å²) >= 11 is 0. The number of aromatic amines is 2. The lowest BCUT2D eigenvalue weighted by Crippen LogP contribution is -2.44. The van der Waals surface area contributed by atoms with Crippen molar-refractivity contribution in [2.45, 2.75) is 32.1 Å². The number of rotatable bonds is 3. The summed E-state index contributed by atoms with van der Waals surface area (Å²) in [5.74, 6) is 1.67. The van der Waals surface area contributed by atoms with Crippen LogP contribution in [0.15, 0.2) is 23.0 Å². The summed E-state index contributed by atoms with van der Waals surface area (Å²) in [6, 6.07) is 5.41. The molecule has 6 heteroatoms. The van der Waals surface area contributed by atoms with Crippen molar-refractivity contribution in [1.29, 1.82) is 0 Å². The van der Waals surface area contributed by atoms with Crippen LogP contribution in [-0.2, 0) is 4.79 Å². The van der Waals surface area contributed by atoms with Crippen LogP contribution in [0, 0.1) is 11.8 Å². The molecule has 1 aromatic heterocycles. The van der Waals surface area contributed by atoms with Gasteiger partial charge in [0.25, 0.3) is 0 Å². The van der Waals surface area contributed by atoms with E-state index < -0.39 is 0 Å². The van der Waals surface area contributed by atoms with Crippen LogP contribution in [0.3, 0.4) is 0 Å². The van der Waals surface area contributed by atoms with Gasteiger partial charge in [-0.05, 0) is 49.4 Å². The van der Waals surface area contributed by atoms with E-state index in [1.807, 2.05) is 6.07 Å². The van der Waals surface area contributed by atoms with E-state index in [1.54, 1.807) is 12.1 Å². The number of likely N-dealkylation sites (tertiary alicyclic amines) is 1. The van der Waals surface area contributed by atoms with Gasteiger partial charge in [0.1, 0.15) is 0 Å². The number of hydrogen-bond acceptors (Lipinski definition) is 3. The first-order valence-corrected chi connectivity index (χ1v) is 8.91. The Balaban J connectivity index is 1.36. The van der Waals surface area contributed by atoms with Gasteiger partial charge in [0, 0.05) is 12.2 Å². The Morgan fingerprint density at radius 3 is 2.79 bits per heavy atom. The van der Waals surface area contributed by atoms with E-state index in [-0.39, 0.29) is 11.6 Å². The highest BCUT2D eigenvalue weighted by molar-refractivity contribution is 5.94. The summed E-state index contributed by atoms with van der Waals surface area (Å²) in [5.41, 5.74) is 1.94. The van der Waals surface area contributed by atoms with Gasteiger partial charge >= 0.3 is 5.69 Å². The first-order valence-electron chi connectivity index (χ1n) is 8.91. The second kappa shape index (κ2) is 6.43. The van der Waals surface area contributed by atoms with Crippen LogP contribution in [0.5, 0.6) is 0 Å². The summed E-state index contributed by atoms with van der Waals surface area (Å²) in [5, 5.41) is 2.95. The normalized spacial score (nSPS) is 24.7. The summed E-state index contributed by atoms with van der Waals surface area (Å²) < 4.78 is 0. The first-order chi connectivity index (χ1) is 11.7. The molecule has 2 atom stereocenters. The van der Waals surface area contributed by atoms with Gasteiger partial charge in [-0.1, -0.05) is 19.3 Å². The van der Waals surface area contributed by atoms with Crippen molar-refractivity contribution in [2.24, 2.45) is 11.8 Å². The number of benzene rings is 1. The van der Waals surface area contributed by atoms with Gasteiger partial charge in [-0.2, -0.15) is 0 Å². The zero-order chi connectivity index (χ0) is 16.5. The highest BCUT2D eigenvalue weighted by Gasteiger charge is 2.31. The van der Waals surface area contributed by atoms with Gasteiger partial charge in [-0.3, -0.25) is 9.69 Å². The number of amides is 1. The van der Waals surface area contributed by atoms with Crippen molar-refractivity contribution < 1.29 is 4.79 Å². The molecule has 6 nitrogen and oxygen atoms in total. The molecule has 0 unspecified atom stereocenters. The molecule has 4 rings (SSSR count). The standard InChI is InChI=1S/C18H24N4O2/c23-17(11-22-8-7-12-3-1-2-4-13(12)10-22)19-14-5-6-15-16(9-14)21-18(24)20-15/h5-6,9,12-13H,1-4,7-8,10-11H2,(H,19,23)(H2,20,21,24)/t12-,13-/m1/s1. The van der Waals surface area contributed by atoms with Crippen LogP contribution in [0.1, 0.15) is 32.1 Å². The van der Waals surface area contributed by atoms with Gasteiger partial charge in [0.05, 0.1) is 17.6 Å². The molecule has 0 bridgehead atoms. The molecule has 1 aliphatic carbocycles. The van der Waals surface area contributed by atoms with Gasteiger partial charge in [-0.15, -0.1) is 0 Å². The number of nitrogens with zero attached hydrogens (tertiary/aromatic N) is 1. The Labute approximate surface area is 140 Å². The predicted molar refractivity (Wildman–Crippen MR) is 94.1 cm³/mol. The van der Waals surface area contributed by atoms with Crippen molar-refractivity contribution in [2.75, 3.05) is 25.0 Å². The highest BCUT2D eigenvalue weighted by Crippen LogP contribution is 2.35. The van der Waals surface area contributed by atoms with E-state index in [0.29, 0.717) is 12.1 Å². The fourth-order valence-electron chi connectivity index (χ4n) is 4.33. The van der Waals surface area contributed by atoms with E-state index in [4.69, 9.17) is 0 Å². The van der Waals surface area contributed by atoms with Gasteiger partial charge in [0.15, 0.2) is 0 Å². The summed E-state index contributed by atoms with van der Waals surface area (Å²) in [7, 11) is 0. The fraction of sp³-hybridized carbons (Fsp3) is 0.556. The molecule has 1 saturated carbocycles. The number of nitrogens with one attached hydrogen (secondary N) is 3. The Hall–Kier alpha value is -2.08. The maximum Gasteiger partial charge on any atom is 0.323 e. The molecule has 0 radical (unpaired) electrons. The first kappa shape index (κ1) is 15.4. The molecule has 2 heterocycles. The highest BCUT2D eigenvalue weighted by atomic mass is 16.2. The van der Waals surface area contributed by atoms with Crippen LogP contribution < -0.4 is 11.0 Å². The Bertz CT molecular complexity index is 794. The number of hydrogen-bond donors (Lipinski definition) is 3. The van der Waals surface area contributed by atoms with Crippen LogP contribution in [0.4, 0.5) is 5.69 Å². The molecule has 2 aliphatic rings. The second-order valence-electron chi connectivity index (χ2n) is 7.22. The molecule has 128 valence electrons. The fourth-order valence-corrected chi connectivity index (χ4v) is 4.33. The van der Waals surface area contributed by atoms with E-state index >= 15 is 0 Å². The minimum Gasteiger partial charge on any atom is -0.325 e. The van der Waals surface area contributed by atoms with Crippen molar-refractivity contribution in [1.82, 2.24) is 14.9 Å². The summed E-state index contributed by atoms with van der Waals surface area (Å²) in [4.78, 5) is 31.3. The molecular weight excluding hydrogens is 304 g/mol. The van der Waals surface area contributed by atoms with Crippen molar-refractivity contribution >= 4 is 22.6 Å². The third-order valence-corrected chi connectivity index (χ3v) is 5.54. The van der Waals surface area contributed by atoms with Gasteiger partial charge < -0.3 is 15.3 Å². The second-order valence-corrected chi connectivity index (χ2v) is 7.22. The van der Waals surface area contributed by atoms with Crippen LogP contribution in [0.2, 0.25) is 0 Å². The molecular formula is C18H24N4O2. The van der Waals surface area contributed by atoms with Crippen LogP contribution in [0.25, 0.3) is 11.0 Å². The van der Waals surface area contributed by atoms with E-state index in [0.717, 1.165) is 36.1 Å². The maximum absolute atomic E-state index is 12.3. The lowest BCUT2D eigenvalue weighted by atomic mass is 9.75. The lowest BCUT2D eigenvalue weighted by Gasteiger charge is -2.41. The summed E-state index contributed by atoms with van der Waals surface area (Å²) in [6.45, 7) is 2.53. The zero-order valence-corrected chi connectivity index (χ0v) is 13.8. The number of H-pyrrole nitrogens is 2. The largest absolute Gasteiger partial charge is 0.325 e. The number of carbonyl (C=O) groups excluding carboxylic acids is 1. The average Bonchev–Trinajstić information content (AvgIpc) is 2.94. The van der Waals surface area contributed by atoms with Crippen molar-refractivity contribution in [3.8, 4) is 0 Å². The molecule has 3 N–H and O–H groups in total. The third kappa shape index (κ3) is 3.24.